The first-order chi connectivity index (χ1) is 7.19. The molecule has 1 aromatic carbocycles. The van der Waals surface area contributed by atoms with Crippen LogP contribution in [0, 0.1) is 12.8 Å². The van der Waals surface area contributed by atoms with Gasteiger partial charge in [0.1, 0.15) is 0 Å². The second kappa shape index (κ2) is 3.97. The molecule has 0 radical (unpaired) electrons. The maximum Gasteiger partial charge on any atom is 0.0107 e. The van der Waals surface area contributed by atoms with Crippen LogP contribution in [0.5, 0.6) is 0 Å². The molecule has 0 bridgehead atoms. The Hall–Kier alpha value is -0.820. The summed E-state index contributed by atoms with van der Waals surface area (Å²) in [4.78, 5) is 0. The van der Waals surface area contributed by atoms with Gasteiger partial charge in [-0.15, -0.1) is 0 Å². The van der Waals surface area contributed by atoms with Crippen LogP contribution in [0.25, 0.3) is 0 Å². The SMILES string of the molecule is CCNCC1(c2cccc(C)c2)CC1C. The smallest absolute Gasteiger partial charge is 0.0107 e. The molecule has 2 atom stereocenters. The van der Waals surface area contributed by atoms with Crippen LogP contribution in [0.4, 0.5) is 0 Å². The predicted molar refractivity (Wildman–Crippen MR) is 65.2 cm³/mol. The second-order valence-electron chi connectivity index (χ2n) is 4.91. The van der Waals surface area contributed by atoms with Crippen molar-refractivity contribution in [3.63, 3.8) is 0 Å². The molecule has 0 amide bonds. The fraction of sp³-hybridized carbons (Fsp3) is 0.571. The standard InChI is InChI=1S/C14H21N/c1-4-15-10-14(9-12(14)3)13-7-5-6-11(2)8-13/h5-8,12,15H,4,9-10H2,1-3H3. The summed E-state index contributed by atoms with van der Waals surface area (Å²) in [6.07, 6.45) is 1.34. The lowest BCUT2D eigenvalue weighted by molar-refractivity contribution is 0.555. The molecule has 1 nitrogen and oxygen atoms in total. The number of hydrogen-bond acceptors (Lipinski definition) is 1. The zero-order valence-electron chi connectivity index (χ0n) is 10.0. The van der Waals surface area contributed by atoms with Crippen LogP contribution >= 0.6 is 0 Å². The Kier molecular flexibility index (Phi) is 2.83. The van der Waals surface area contributed by atoms with Crippen molar-refractivity contribution >= 4 is 0 Å². The van der Waals surface area contributed by atoms with Crippen LogP contribution < -0.4 is 5.32 Å². The molecular weight excluding hydrogens is 182 g/mol. The molecule has 1 aromatic rings. The first-order valence-electron chi connectivity index (χ1n) is 5.97. The molecule has 1 heteroatoms. The molecule has 1 N–H and O–H groups in total. The fourth-order valence-corrected chi connectivity index (χ4v) is 2.54. The second-order valence-corrected chi connectivity index (χ2v) is 4.91. The van der Waals surface area contributed by atoms with E-state index in [1.54, 1.807) is 0 Å². The summed E-state index contributed by atoms with van der Waals surface area (Å²) in [5, 5.41) is 3.50. The fourth-order valence-electron chi connectivity index (χ4n) is 2.54. The van der Waals surface area contributed by atoms with Crippen LogP contribution in [0.15, 0.2) is 24.3 Å². The van der Waals surface area contributed by atoms with Crippen LogP contribution in [-0.4, -0.2) is 13.1 Å². The highest BCUT2D eigenvalue weighted by atomic mass is 14.9. The lowest BCUT2D eigenvalue weighted by Crippen LogP contribution is -2.28. The summed E-state index contributed by atoms with van der Waals surface area (Å²) < 4.78 is 0. The Morgan fingerprint density at radius 3 is 2.73 bits per heavy atom. The van der Waals surface area contributed by atoms with Crippen LogP contribution in [0.3, 0.4) is 0 Å². The van der Waals surface area contributed by atoms with Crippen LogP contribution in [0.1, 0.15) is 31.4 Å². The Labute approximate surface area is 92.9 Å². The lowest BCUT2D eigenvalue weighted by atomic mass is 9.92. The van der Waals surface area contributed by atoms with Gasteiger partial charge in [-0.25, -0.2) is 0 Å². The molecule has 1 fully saturated rings. The first-order valence-corrected chi connectivity index (χ1v) is 5.97. The number of rotatable bonds is 4. The van der Waals surface area contributed by atoms with E-state index in [4.69, 9.17) is 0 Å². The first kappa shape index (κ1) is 10.7. The van der Waals surface area contributed by atoms with Crippen molar-refractivity contribution in [2.75, 3.05) is 13.1 Å². The van der Waals surface area contributed by atoms with Gasteiger partial charge < -0.3 is 5.32 Å². The molecule has 0 aromatic heterocycles. The predicted octanol–water partition coefficient (Wildman–Crippen LogP) is 2.88. The molecular formula is C14H21N. The van der Waals surface area contributed by atoms with Gasteiger partial charge in [0.05, 0.1) is 0 Å². The van der Waals surface area contributed by atoms with E-state index in [0.717, 1.165) is 19.0 Å². The molecule has 0 heterocycles. The van der Waals surface area contributed by atoms with E-state index in [9.17, 15) is 0 Å². The molecule has 82 valence electrons. The van der Waals surface area contributed by atoms with Crippen molar-refractivity contribution in [2.45, 2.75) is 32.6 Å². The summed E-state index contributed by atoms with van der Waals surface area (Å²) >= 11 is 0. The summed E-state index contributed by atoms with van der Waals surface area (Å²) in [6.45, 7) is 8.92. The Bertz CT molecular complexity index is 345. The molecule has 0 aliphatic heterocycles. The van der Waals surface area contributed by atoms with E-state index in [1.165, 1.54) is 17.5 Å². The molecule has 0 saturated heterocycles. The third kappa shape index (κ3) is 1.93. The van der Waals surface area contributed by atoms with Gasteiger partial charge in [0, 0.05) is 12.0 Å². The van der Waals surface area contributed by atoms with Gasteiger partial charge in [0.25, 0.3) is 0 Å². The lowest BCUT2D eigenvalue weighted by Gasteiger charge is -2.18. The molecule has 1 aliphatic rings. The van der Waals surface area contributed by atoms with Gasteiger partial charge in [-0.05, 0) is 31.4 Å². The zero-order valence-corrected chi connectivity index (χ0v) is 10.0. The van der Waals surface area contributed by atoms with Gasteiger partial charge in [-0.3, -0.25) is 0 Å². The minimum Gasteiger partial charge on any atom is -0.316 e. The quantitative estimate of drug-likeness (QED) is 0.793. The molecule has 1 saturated carbocycles. The maximum absolute atomic E-state index is 3.50. The minimum atomic E-state index is 0.433. The molecule has 2 rings (SSSR count). The number of benzene rings is 1. The van der Waals surface area contributed by atoms with Crippen molar-refractivity contribution in [1.29, 1.82) is 0 Å². The molecule has 0 spiro atoms. The number of nitrogens with one attached hydrogen (secondary N) is 1. The maximum atomic E-state index is 3.50. The van der Waals surface area contributed by atoms with Crippen molar-refractivity contribution in [3.8, 4) is 0 Å². The molecule has 15 heavy (non-hydrogen) atoms. The normalized spacial score (nSPS) is 29.1. The summed E-state index contributed by atoms with van der Waals surface area (Å²) in [6, 6.07) is 9.00. The Balaban J connectivity index is 2.20. The number of aryl methyl sites for hydroxylation is 1. The molecule has 2 unspecified atom stereocenters. The van der Waals surface area contributed by atoms with Crippen LogP contribution in [0.2, 0.25) is 0 Å². The highest BCUT2D eigenvalue weighted by Gasteiger charge is 2.51. The van der Waals surface area contributed by atoms with E-state index in [0.29, 0.717) is 5.41 Å². The number of likely N-dealkylation sites (N-methyl/N-ethyl adjacent to an activating group) is 1. The van der Waals surface area contributed by atoms with Crippen LogP contribution in [-0.2, 0) is 5.41 Å². The summed E-state index contributed by atoms with van der Waals surface area (Å²) in [5.41, 5.74) is 3.33. The van der Waals surface area contributed by atoms with E-state index in [2.05, 4.69) is 50.4 Å². The average molecular weight is 203 g/mol. The monoisotopic (exact) mass is 203 g/mol. The highest BCUT2D eigenvalue weighted by Crippen LogP contribution is 2.53. The Morgan fingerprint density at radius 1 is 1.47 bits per heavy atom. The largest absolute Gasteiger partial charge is 0.316 e. The average Bonchev–Trinajstić information content (AvgIpc) is 2.88. The molecule has 1 aliphatic carbocycles. The van der Waals surface area contributed by atoms with E-state index in [-0.39, 0.29) is 0 Å². The van der Waals surface area contributed by atoms with Gasteiger partial charge in [0.2, 0.25) is 0 Å². The van der Waals surface area contributed by atoms with Gasteiger partial charge in [-0.2, -0.15) is 0 Å². The summed E-state index contributed by atoms with van der Waals surface area (Å²) in [7, 11) is 0. The Morgan fingerprint density at radius 2 is 2.20 bits per heavy atom. The number of hydrogen-bond donors (Lipinski definition) is 1. The van der Waals surface area contributed by atoms with Crippen molar-refractivity contribution in [1.82, 2.24) is 5.32 Å². The van der Waals surface area contributed by atoms with E-state index in [1.807, 2.05) is 0 Å². The zero-order chi connectivity index (χ0) is 10.9. The highest BCUT2D eigenvalue weighted by molar-refractivity contribution is 5.36. The minimum absolute atomic E-state index is 0.433. The third-order valence-electron chi connectivity index (χ3n) is 3.74. The van der Waals surface area contributed by atoms with Gasteiger partial charge in [-0.1, -0.05) is 43.7 Å². The van der Waals surface area contributed by atoms with Crippen molar-refractivity contribution < 1.29 is 0 Å². The van der Waals surface area contributed by atoms with Crippen molar-refractivity contribution in [2.24, 2.45) is 5.92 Å². The van der Waals surface area contributed by atoms with Crippen molar-refractivity contribution in [3.05, 3.63) is 35.4 Å². The summed E-state index contributed by atoms with van der Waals surface area (Å²) in [5.74, 6) is 0.832. The third-order valence-corrected chi connectivity index (χ3v) is 3.74. The van der Waals surface area contributed by atoms with E-state index < -0.39 is 0 Å². The topological polar surface area (TPSA) is 12.0 Å². The van der Waals surface area contributed by atoms with Gasteiger partial charge in [0.15, 0.2) is 0 Å². The van der Waals surface area contributed by atoms with E-state index >= 15 is 0 Å². The van der Waals surface area contributed by atoms with Gasteiger partial charge >= 0.3 is 0 Å².